The smallest absolute Gasteiger partial charge is 0.264 e. The van der Waals surface area contributed by atoms with Crippen LogP contribution in [0, 0.1) is 13.8 Å². The van der Waals surface area contributed by atoms with E-state index in [0.29, 0.717) is 20.7 Å². The molecule has 6 heteroatoms. The van der Waals surface area contributed by atoms with Gasteiger partial charge in [-0.2, -0.15) is 0 Å². The minimum Gasteiger partial charge on any atom is -0.268 e. The van der Waals surface area contributed by atoms with Crippen LogP contribution in [0.1, 0.15) is 21.5 Å². The quantitative estimate of drug-likeness (QED) is 0.317. The number of carbonyl (C=O) groups is 1. The maximum atomic E-state index is 13.4. The number of rotatable bonds is 4. The topological polar surface area (TPSA) is 33.2 Å². The molecule has 1 amide bonds. The van der Waals surface area contributed by atoms with Gasteiger partial charge in [0.05, 0.1) is 21.4 Å². The van der Waals surface area contributed by atoms with Crippen LogP contribution in [-0.2, 0) is 0 Å². The summed E-state index contributed by atoms with van der Waals surface area (Å²) in [5, 5.41) is 3.46. The van der Waals surface area contributed by atoms with E-state index in [1.807, 2.05) is 73.8 Å². The lowest BCUT2D eigenvalue weighted by Gasteiger charge is -2.20. The van der Waals surface area contributed by atoms with E-state index in [1.54, 1.807) is 17.0 Å². The number of halogens is 2. The van der Waals surface area contributed by atoms with Gasteiger partial charge < -0.3 is 0 Å². The number of nitrogens with zero attached hydrogens (tertiary/aromatic N) is 2. The van der Waals surface area contributed by atoms with Gasteiger partial charge in [0.15, 0.2) is 5.13 Å². The lowest BCUT2D eigenvalue weighted by molar-refractivity contribution is 0.0999. The molecule has 0 fully saturated rings. The van der Waals surface area contributed by atoms with Crippen molar-refractivity contribution >= 4 is 51.3 Å². The van der Waals surface area contributed by atoms with Gasteiger partial charge in [-0.3, -0.25) is 9.69 Å². The van der Waals surface area contributed by atoms with E-state index in [0.717, 1.165) is 28.1 Å². The lowest BCUT2D eigenvalue weighted by Crippen LogP contribution is -2.25. The van der Waals surface area contributed by atoms with Crippen molar-refractivity contribution in [2.75, 3.05) is 4.90 Å². The fourth-order valence-electron chi connectivity index (χ4n) is 2.99. The predicted molar refractivity (Wildman–Crippen MR) is 126 cm³/mol. The second-order valence-corrected chi connectivity index (χ2v) is 8.64. The Balaban J connectivity index is 1.77. The second-order valence-electron chi connectivity index (χ2n) is 6.99. The number of hydrogen-bond acceptors (Lipinski definition) is 3. The number of anilines is 2. The molecule has 1 heterocycles. The lowest BCUT2D eigenvalue weighted by atomic mass is 10.1. The van der Waals surface area contributed by atoms with Gasteiger partial charge in [-0.05, 0) is 50.2 Å². The number of carbonyl (C=O) groups excluding carboxylic acids is 1. The number of benzene rings is 3. The highest BCUT2D eigenvalue weighted by molar-refractivity contribution is 7.14. The third-order valence-corrected chi connectivity index (χ3v) is 6.26. The highest BCUT2D eigenvalue weighted by atomic mass is 35.5. The van der Waals surface area contributed by atoms with Crippen molar-refractivity contribution in [2.24, 2.45) is 0 Å². The molecule has 30 heavy (non-hydrogen) atoms. The third kappa shape index (κ3) is 4.26. The molecule has 150 valence electrons. The Morgan fingerprint density at radius 2 is 1.50 bits per heavy atom. The molecule has 0 saturated carbocycles. The summed E-state index contributed by atoms with van der Waals surface area (Å²) in [4.78, 5) is 19.8. The summed E-state index contributed by atoms with van der Waals surface area (Å²) in [6, 6.07) is 20.8. The number of thiazole rings is 1. The third-order valence-electron chi connectivity index (χ3n) is 4.69. The summed E-state index contributed by atoms with van der Waals surface area (Å²) >= 11 is 13.6. The summed E-state index contributed by atoms with van der Waals surface area (Å²) < 4.78 is 0. The van der Waals surface area contributed by atoms with Crippen LogP contribution in [-0.4, -0.2) is 10.9 Å². The van der Waals surface area contributed by atoms with Gasteiger partial charge >= 0.3 is 0 Å². The molecule has 0 aliphatic rings. The summed E-state index contributed by atoms with van der Waals surface area (Å²) in [7, 11) is 0. The first kappa shape index (κ1) is 20.6. The molecule has 0 aliphatic carbocycles. The van der Waals surface area contributed by atoms with Crippen LogP contribution in [0.2, 0.25) is 10.0 Å². The highest BCUT2D eigenvalue weighted by Gasteiger charge is 2.23. The molecule has 3 nitrogen and oxygen atoms in total. The van der Waals surface area contributed by atoms with Crippen molar-refractivity contribution in [3.8, 4) is 11.3 Å². The zero-order chi connectivity index (χ0) is 21.3. The molecule has 0 atom stereocenters. The first-order chi connectivity index (χ1) is 14.4. The molecule has 0 saturated heterocycles. The number of hydrogen-bond donors (Lipinski definition) is 0. The molecule has 0 bridgehead atoms. The van der Waals surface area contributed by atoms with E-state index >= 15 is 0 Å². The van der Waals surface area contributed by atoms with Gasteiger partial charge in [0.1, 0.15) is 0 Å². The maximum absolute atomic E-state index is 13.4. The van der Waals surface area contributed by atoms with Gasteiger partial charge in [0.2, 0.25) is 0 Å². The van der Waals surface area contributed by atoms with Crippen molar-refractivity contribution in [3.63, 3.8) is 0 Å². The van der Waals surface area contributed by atoms with E-state index < -0.39 is 0 Å². The molecule has 1 aromatic heterocycles. The fraction of sp³-hybridized carbons (Fsp3) is 0.0833. The van der Waals surface area contributed by atoms with E-state index in [-0.39, 0.29) is 5.91 Å². The standard InChI is InChI=1S/C24H18Cl2N2OS/c1-15-3-7-17(8-4-15)23(29)28(19-10-5-16(2)6-11-19)24-27-22(14-30-24)18-9-12-20(25)21(26)13-18/h3-14H,1-2H3. The molecule has 0 N–H and O–H groups in total. The van der Waals surface area contributed by atoms with Crippen LogP contribution >= 0.6 is 34.5 Å². The van der Waals surface area contributed by atoms with Gasteiger partial charge in [-0.1, -0.05) is 64.7 Å². The first-order valence-electron chi connectivity index (χ1n) is 9.31. The van der Waals surface area contributed by atoms with Gasteiger partial charge in [0.25, 0.3) is 5.91 Å². The summed E-state index contributed by atoms with van der Waals surface area (Å²) in [6.45, 7) is 4.01. The van der Waals surface area contributed by atoms with E-state index in [4.69, 9.17) is 28.2 Å². The van der Waals surface area contributed by atoms with E-state index in [1.165, 1.54) is 11.3 Å². The molecular weight excluding hydrogens is 435 g/mol. The largest absolute Gasteiger partial charge is 0.268 e. The fourth-order valence-corrected chi connectivity index (χ4v) is 4.14. The Labute approximate surface area is 189 Å². The summed E-state index contributed by atoms with van der Waals surface area (Å²) in [5.41, 5.74) is 5.18. The van der Waals surface area contributed by atoms with Crippen LogP contribution in [0.4, 0.5) is 10.8 Å². The molecule has 4 aromatic rings. The number of aryl methyl sites for hydroxylation is 2. The normalized spacial score (nSPS) is 10.8. The Morgan fingerprint density at radius 3 is 2.13 bits per heavy atom. The monoisotopic (exact) mass is 452 g/mol. The van der Waals surface area contributed by atoms with Gasteiger partial charge in [-0.25, -0.2) is 4.98 Å². The number of amides is 1. The number of aromatic nitrogens is 1. The molecule has 3 aromatic carbocycles. The Bertz CT molecular complexity index is 1200. The summed E-state index contributed by atoms with van der Waals surface area (Å²) in [6.07, 6.45) is 0. The first-order valence-corrected chi connectivity index (χ1v) is 10.9. The van der Waals surface area contributed by atoms with Crippen LogP contribution in [0.25, 0.3) is 11.3 Å². The van der Waals surface area contributed by atoms with Gasteiger partial charge in [-0.15, -0.1) is 11.3 Å². The molecule has 0 radical (unpaired) electrons. The minimum absolute atomic E-state index is 0.131. The van der Waals surface area contributed by atoms with Crippen LogP contribution < -0.4 is 4.90 Å². The van der Waals surface area contributed by atoms with Gasteiger partial charge in [0, 0.05) is 16.5 Å². The van der Waals surface area contributed by atoms with Crippen LogP contribution in [0.5, 0.6) is 0 Å². The highest BCUT2D eigenvalue weighted by Crippen LogP contribution is 2.35. The Hall–Kier alpha value is -2.66. The zero-order valence-electron chi connectivity index (χ0n) is 16.4. The SMILES string of the molecule is Cc1ccc(C(=O)N(c2ccc(C)cc2)c2nc(-c3ccc(Cl)c(Cl)c3)cs2)cc1. The zero-order valence-corrected chi connectivity index (χ0v) is 18.7. The van der Waals surface area contributed by atoms with Crippen LogP contribution in [0.3, 0.4) is 0 Å². The van der Waals surface area contributed by atoms with Crippen molar-refractivity contribution < 1.29 is 4.79 Å². The molecule has 0 spiro atoms. The average molecular weight is 453 g/mol. The molecule has 0 unspecified atom stereocenters. The van der Waals surface area contributed by atoms with Crippen LogP contribution in [0.15, 0.2) is 72.1 Å². The molecular formula is C24H18Cl2N2OS. The molecule has 4 rings (SSSR count). The van der Waals surface area contributed by atoms with Crippen molar-refractivity contribution in [1.29, 1.82) is 0 Å². The Kier molecular flexibility index (Phi) is 5.91. The van der Waals surface area contributed by atoms with Crippen molar-refractivity contribution in [1.82, 2.24) is 4.98 Å². The maximum Gasteiger partial charge on any atom is 0.264 e. The second kappa shape index (κ2) is 8.60. The van der Waals surface area contributed by atoms with E-state index in [9.17, 15) is 4.79 Å². The van der Waals surface area contributed by atoms with Crippen molar-refractivity contribution in [2.45, 2.75) is 13.8 Å². The predicted octanol–water partition coefficient (Wildman–Crippen LogP) is 7.71. The summed E-state index contributed by atoms with van der Waals surface area (Å²) in [5.74, 6) is -0.131. The van der Waals surface area contributed by atoms with E-state index in [2.05, 4.69) is 0 Å². The van der Waals surface area contributed by atoms with Crippen molar-refractivity contribution in [3.05, 3.63) is 98.8 Å². The minimum atomic E-state index is -0.131. The average Bonchev–Trinajstić information content (AvgIpc) is 3.22. The molecule has 0 aliphatic heterocycles. The Morgan fingerprint density at radius 1 is 0.867 bits per heavy atom.